The number of nitrogens with two attached hydrogens (primary N) is 1. The topological polar surface area (TPSA) is 48.0 Å². The van der Waals surface area contributed by atoms with Crippen LogP contribution >= 0.6 is 11.6 Å². The molecule has 0 aliphatic heterocycles. The van der Waals surface area contributed by atoms with Gasteiger partial charge >= 0.3 is 0 Å². The molecular formula is C12H19ClN2O. The zero-order valence-electron chi connectivity index (χ0n) is 10.3. The minimum Gasteiger partial charge on any atom is -0.365 e. The number of aromatic nitrogens is 1. The van der Waals surface area contributed by atoms with E-state index in [9.17, 15) is 4.79 Å². The van der Waals surface area contributed by atoms with Crippen molar-refractivity contribution in [3.05, 3.63) is 22.0 Å². The van der Waals surface area contributed by atoms with Crippen LogP contribution in [0.2, 0.25) is 5.02 Å². The molecule has 3 nitrogen and oxygen atoms in total. The Hall–Kier alpha value is -0.960. The van der Waals surface area contributed by atoms with Crippen molar-refractivity contribution >= 4 is 17.5 Å². The number of carbonyl (C=O) groups excluding carboxylic acids is 1. The van der Waals surface area contributed by atoms with E-state index >= 15 is 0 Å². The van der Waals surface area contributed by atoms with E-state index in [0.717, 1.165) is 24.4 Å². The second-order valence-corrected chi connectivity index (χ2v) is 4.46. The summed E-state index contributed by atoms with van der Waals surface area (Å²) in [4.78, 5) is 11.4. The summed E-state index contributed by atoms with van der Waals surface area (Å²) in [6.45, 7) is 8.95. The number of rotatable bonds is 4. The summed E-state index contributed by atoms with van der Waals surface area (Å²) in [5, 5.41) is 0.529. The number of carbonyl (C=O) groups is 1. The third-order valence-corrected chi connectivity index (χ3v) is 3.53. The molecule has 0 radical (unpaired) electrons. The monoisotopic (exact) mass is 242 g/mol. The van der Waals surface area contributed by atoms with Crippen LogP contribution in [0.5, 0.6) is 0 Å². The van der Waals surface area contributed by atoms with Gasteiger partial charge in [0.25, 0.3) is 5.91 Å². The van der Waals surface area contributed by atoms with E-state index < -0.39 is 5.91 Å². The lowest BCUT2D eigenvalue weighted by atomic mass is 10.0. The van der Waals surface area contributed by atoms with E-state index in [-0.39, 0.29) is 0 Å². The number of primary amides is 1. The molecule has 1 amide bonds. The fraction of sp³-hybridized carbons (Fsp3) is 0.583. The smallest absolute Gasteiger partial charge is 0.252 e. The summed E-state index contributed by atoms with van der Waals surface area (Å²) in [6.07, 6.45) is 0.987. The highest BCUT2D eigenvalue weighted by molar-refractivity contribution is 6.34. The maximum absolute atomic E-state index is 11.4. The zero-order valence-corrected chi connectivity index (χ0v) is 11.1. The normalized spacial score (nSPS) is 12.8. The van der Waals surface area contributed by atoms with Crippen molar-refractivity contribution in [1.82, 2.24) is 4.57 Å². The fourth-order valence-electron chi connectivity index (χ4n) is 2.09. The molecule has 2 N–H and O–H groups in total. The number of nitrogens with zero attached hydrogens (tertiary/aromatic N) is 1. The van der Waals surface area contributed by atoms with Crippen molar-refractivity contribution in [2.45, 2.75) is 46.6 Å². The third-order valence-electron chi connectivity index (χ3n) is 3.14. The number of amides is 1. The maximum Gasteiger partial charge on any atom is 0.252 e. The van der Waals surface area contributed by atoms with E-state index in [0.29, 0.717) is 16.5 Å². The highest BCUT2D eigenvalue weighted by Crippen LogP contribution is 2.34. The first-order chi connectivity index (χ1) is 7.45. The number of hydrogen-bond acceptors (Lipinski definition) is 1. The molecule has 1 aromatic heterocycles. The first-order valence-corrected chi connectivity index (χ1v) is 6.01. The van der Waals surface area contributed by atoms with Crippen LogP contribution in [0.15, 0.2) is 0 Å². The molecule has 1 atom stereocenters. The van der Waals surface area contributed by atoms with E-state index in [1.807, 2.05) is 13.8 Å². The van der Waals surface area contributed by atoms with Crippen LogP contribution in [-0.2, 0) is 6.54 Å². The lowest BCUT2D eigenvalue weighted by Crippen LogP contribution is -2.12. The third kappa shape index (κ3) is 1.96. The van der Waals surface area contributed by atoms with Crippen molar-refractivity contribution in [1.29, 1.82) is 0 Å². The van der Waals surface area contributed by atoms with Crippen LogP contribution in [-0.4, -0.2) is 10.5 Å². The summed E-state index contributed by atoms with van der Waals surface area (Å²) in [5.74, 6) is -0.112. The molecule has 4 heteroatoms. The molecular weight excluding hydrogens is 224 g/mol. The summed E-state index contributed by atoms with van der Waals surface area (Å²) >= 11 is 6.26. The molecule has 1 rings (SSSR count). The molecule has 0 aliphatic rings. The zero-order chi connectivity index (χ0) is 12.5. The van der Waals surface area contributed by atoms with E-state index in [2.05, 4.69) is 18.4 Å². The van der Waals surface area contributed by atoms with Crippen LogP contribution in [0.25, 0.3) is 0 Å². The molecule has 0 spiro atoms. The number of halogens is 1. The Balaban J connectivity index is 3.48. The van der Waals surface area contributed by atoms with Crippen LogP contribution in [0, 0.1) is 6.92 Å². The molecule has 90 valence electrons. The van der Waals surface area contributed by atoms with Gasteiger partial charge in [0.05, 0.1) is 10.6 Å². The van der Waals surface area contributed by atoms with Crippen molar-refractivity contribution in [2.75, 3.05) is 0 Å². The minimum atomic E-state index is -0.445. The first kappa shape index (κ1) is 13.1. The van der Waals surface area contributed by atoms with Gasteiger partial charge in [0.15, 0.2) is 0 Å². The maximum atomic E-state index is 11.4. The molecule has 0 fully saturated rings. The van der Waals surface area contributed by atoms with Crippen molar-refractivity contribution in [3.8, 4) is 0 Å². The standard InChI is InChI=1S/C12H19ClN2O/c1-5-7(3)11-10(13)9(12(14)16)8(4)15(11)6-2/h7H,5-6H2,1-4H3,(H2,14,16). The summed E-state index contributed by atoms with van der Waals surface area (Å²) in [7, 11) is 0. The highest BCUT2D eigenvalue weighted by atomic mass is 35.5. The fourth-order valence-corrected chi connectivity index (χ4v) is 2.61. The average Bonchev–Trinajstić information content (AvgIpc) is 2.48. The largest absolute Gasteiger partial charge is 0.365 e. The second kappa shape index (κ2) is 4.91. The molecule has 0 saturated heterocycles. The first-order valence-electron chi connectivity index (χ1n) is 5.63. The lowest BCUT2D eigenvalue weighted by Gasteiger charge is -2.14. The predicted molar refractivity (Wildman–Crippen MR) is 67.1 cm³/mol. The van der Waals surface area contributed by atoms with Gasteiger partial charge in [-0.1, -0.05) is 25.4 Å². The van der Waals surface area contributed by atoms with Crippen LogP contribution < -0.4 is 5.73 Å². The summed E-state index contributed by atoms with van der Waals surface area (Å²) in [5.41, 5.74) is 7.72. The molecule has 1 heterocycles. The van der Waals surface area contributed by atoms with Gasteiger partial charge in [-0.2, -0.15) is 0 Å². The molecule has 0 bridgehead atoms. The molecule has 0 saturated carbocycles. The van der Waals surface area contributed by atoms with Gasteiger partial charge in [-0.05, 0) is 26.2 Å². The molecule has 16 heavy (non-hydrogen) atoms. The summed E-state index contributed by atoms with van der Waals surface area (Å²) in [6, 6.07) is 0. The van der Waals surface area contributed by atoms with Gasteiger partial charge in [-0.15, -0.1) is 0 Å². The molecule has 1 aromatic rings. The van der Waals surface area contributed by atoms with Gasteiger partial charge in [-0.3, -0.25) is 4.79 Å². The van der Waals surface area contributed by atoms with Gasteiger partial charge in [0, 0.05) is 17.9 Å². The molecule has 1 unspecified atom stereocenters. The van der Waals surface area contributed by atoms with E-state index in [1.54, 1.807) is 0 Å². The lowest BCUT2D eigenvalue weighted by molar-refractivity contribution is 0.1000. The molecule has 0 aromatic carbocycles. The Kier molecular flexibility index (Phi) is 4.03. The Bertz CT molecular complexity index is 410. The second-order valence-electron chi connectivity index (χ2n) is 4.08. The van der Waals surface area contributed by atoms with Gasteiger partial charge in [0.2, 0.25) is 0 Å². The minimum absolute atomic E-state index is 0.333. The van der Waals surface area contributed by atoms with Gasteiger partial charge in [0.1, 0.15) is 0 Å². The predicted octanol–water partition coefficient (Wildman–Crippen LogP) is 3.08. The number of hydrogen-bond donors (Lipinski definition) is 1. The van der Waals surface area contributed by atoms with E-state index in [4.69, 9.17) is 17.3 Å². The Morgan fingerprint density at radius 3 is 2.44 bits per heavy atom. The Morgan fingerprint density at radius 2 is 2.06 bits per heavy atom. The Labute approximate surface area is 102 Å². The quantitative estimate of drug-likeness (QED) is 0.867. The van der Waals surface area contributed by atoms with Crippen LogP contribution in [0.4, 0.5) is 0 Å². The van der Waals surface area contributed by atoms with Gasteiger partial charge < -0.3 is 10.3 Å². The van der Waals surface area contributed by atoms with Crippen molar-refractivity contribution in [2.24, 2.45) is 5.73 Å². The van der Waals surface area contributed by atoms with Crippen molar-refractivity contribution < 1.29 is 4.79 Å². The van der Waals surface area contributed by atoms with Crippen LogP contribution in [0.1, 0.15) is 54.9 Å². The SMILES string of the molecule is CCC(C)c1c(Cl)c(C(N)=O)c(C)n1CC. The van der Waals surface area contributed by atoms with Gasteiger partial charge in [-0.25, -0.2) is 0 Å². The van der Waals surface area contributed by atoms with Crippen LogP contribution in [0.3, 0.4) is 0 Å². The van der Waals surface area contributed by atoms with E-state index in [1.165, 1.54) is 0 Å². The summed E-state index contributed by atoms with van der Waals surface area (Å²) < 4.78 is 2.08. The Morgan fingerprint density at radius 1 is 1.50 bits per heavy atom. The van der Waals surface area contributed by atoms with Crippen molar-refractivity contribution in [3.63, 3.8) is 0 Å². The molecule has 0 aliphatic carbocycles. The highest BCUT2D eigenvalue weighted by Gasteiger charge is 2.24. The average molecular weight is 243 g/mol.